The van der Waals surface area contributed by atoms with E-state index in [1.54, 1.807) is 38.4 Å². The van der Waals surface area contributed by atoms with Crippen molar-refractivity contribution in [1.82, 2.24) is 9.80 Å². The lowest BCUT2D eigenvalue weighted by atomic mass is 9.84. The zero-order chi connectivity index (χ0) is 34.7. The second kappa shape index (κ2) is 14.6. The molecule has 10 heteroatoms. The van der Waals surface area contributed by atoms with E-state index in [1.165, 1.54) is 16.9 Å². The molecule has 0 radical (unpaired) electrons. The van der Waals surface area contributed by atoms with Crippen molar-refractivity contribution in [1.29, 1.82) is 0 Å². The van der Waals surface area contributed by atoms with Crippen LogP contribution in [0.2, 0.25) is 5.02 Å². The zero-order valence-corrected chi connectivity index (χ0v) is 28.4. The van der Waals surface area contributed by atoms with Crippen molar-refractivity contribution >= 4 is 29.6 Å². The number of carbonyl (C=O) groups is 3. The minimum atomic E-state index is -1.09. The van der Waals surface area contributed by atoms with Gasteiger partial charge in [-0.3, -0.25) is 9.59 Å². The van der Waals surface area contributed by atoms with Gasteiger partial charge in [0.25, 0.3) is 0 Å². The van der Waals surface area contributed by atoms with Crippen LogP contribution in [0.5, 0.6) is 11.5 Å². The monoisotopic (exact) mass is 682 g/mol. The van der Waals surface area contributed by atoms with E-state index in [4.69, 9.17) is 25.8 Å². The summed E-state index contributed by atoms with van der Waals surface area (Å²) in [6.45, 7) is 0.447. The smallest absolute Gasteiger partial charge is 0.409 e. The van der Waals surface area contributed by atoms with Gasteiger partial charge in [0.15, 0.2) is 11.5 Å². The maximum absolute atomic E-state index is 14.1. The summed E-state index contributed by atoms with van der Waals surface area (Å²) in [5.41, 5.74) is 6.15. The molecule has 1 heterocycles. The summed E-state index contributed by atoms with van der Waals surface area (Å²) in [6.07, 6.45) is -0.488. The van der Waals surface area contributed by atoms with Gasteiger partial charge in [0.1, 0.15) is 6.61 Å². The van der Waals surface area contributed by atoms with Crippen molar-refractivity contribution < 1.29 is 33.7 Å². The lowest BCUT2D eigenvalue weighted by Crippen LogP contribution is -2.48. The Morgan fingerprint density at radius 3 is 2.16 bits per heavy atom. The summed E-state index contributed by atoms with van der Waals surface area (Å²) < 4.78 is 17.3. The molecule has 1 aliphatic carbocycles. The molecule has 0 aromatic heterocycles. The number of halogens is 1. The lowest BCUT2D eigenvalue weighted by molar-refractivity contribution is -0.145. The van der Waals surface area contributed by atoms with Crippen molar-refractivity contribution in [2.45, 2.75) is 30.7 Å². The molecule has 4 aromatic carbocycles. The van der Waals surface area contributed by atoms with Crippen LogP contribution in [0.4, 0.5) is 4.79 Å². The molecule has 6 rings (SSSR count). The molecule has 254 valence electrons. The number of carboxylic acid groups (broad SMARTS) is 1. The number of methoxy groups -OCH3 is 1. The van der Waals surface area contributed by atoms with E-state index in [1.807, 2.05) is 42.5 Å². The van der Waals surface area contributed by atoms with Gasteiger partial charge in [-0.1, -0.05) is 84.4 Å². The second-order valence-corrected chi connectivity index (χ2v) is 13.1. The van der Waals surface area contributed by atoms with E-state index in [-0.39, 0.29) is 38.0 Å². The Kier molecular flexibility index (Phi) is 10.1. The van der Waals surface area contributed by atoms with Crippen LogP contribution in [-0.4, -0.2) is 79.9 Å². The van der Waals surface area contributed by atoms with Crippen LogP contribution in [0.15, 0.2) is 91.0 Å². The average molecular weight is 683 g/mol. The van der Waals surface area contributed by atoms with Crippen LogP contribution in [0, 0.1) is 5.92 Å². The number of fused-ring (bicyclic) bond motifs is 4. The van der Waals surface area contributed by atoms with Crippen LogP contribution >= 0.6 is 11.6 Å². The van der Waals surface area contributed by atoms with E-state index in [2.05, 4.69) is 24.3 Å². The topological polar surface area (TPSA) is 106 Å². The third-order valence-corrected chi connectivity index (χ3v) is 9.90. The van der Waals surface area contributed by atoms with Gasteiger partial charge in [0, 0.05) is 43.1 Å². The molecule has 3 unspecified atom stereocenters. The highest BCUT2D eigenvalue weighted by Crippen LogP contribution is 2.46. The summed E-state index contributed by atoms with van der Waals surface area (Å²) in [7, 11) is 4.84. The Morgan fingerprint density at radius 2 is 1.53 bits per heavy atom. The largest absolute Gasteiger partial charge is 0.493 e. The standard InChI is InChI=1S/C39H39ClN2O7/c1-41(38(45)32(20-36(43)44)34-22-48-37-31(34)13-8-14-35(37)47-3)21-26(19-24-15-17-25(40)18-16-24)42(2)39(46)49-23-33-29-11-6-4-9-27(29)28-10-5-7-12-30(28)33/h4-18,26,32-34H,19-23H2,1-3H3,(H,43,44). The SMILES string of the molecule is COc1cccc2c1OCC2C(CC(=O)O)C(=O)N(C)CC(Cc1ccc(Cl)cc1)N(C)C(=O)OCC1c2ccccc2-c2ccccc21. The number of aliphatic carboxylic acids is 1. The number of hydrogen-bond acceptors (Lipinski definition) is 6. The number of hydrogen-bond donors (Lipinski definition) is 1. The van der Waals surface area contributed by atoms with E-state index in [9.17, 15) is 19.5 Å². The first-order valence-corrected chi connectivity index (χ1v) is 16.6. The third-order valence-electron chi connectivity index (χ3n) is 9.65. The molecule has 0 saturated heterocycles. The van der Waals surface area contributed by atoms with E-state index < -0.39 is 29.9 Å². The Morgan fingerprint density at radius 1 is 0.898 bits per heavy atom. The number of ether oxygens (including phenoxy) is 3. The summed E-state index contributed by atoms with van der Waals surface area (Å²) in [5, 5.41) is 10.4. The highest BCUT2D eigenvalue weighted by molar-refractivity contribution is 6.30. The van der Waals surface area contributed by atoms with Gasteiger partial charge in [-0.25, -0.2) is 4.79 Å². The molecule has 1 aliphatic heterocycles. The maximum Gasteiger partial charge on any atom is 0.409 e. The third kappa shape index (κ3) is 7.08. The minimum Gasteiger partial charge on any atom is -0.493 e. The van der Waals surface area contributed by atoms with Crippen LogP contribution in [-0.2, 0) is 20.7 Å². The van der Waals surface area contributed by atoms with Gasteiger partial charge in [-0.2, -0.15) is 0 Å². The molecule has 49 heavy (non-hydrogen) atoms. The van der Waals surface area contributed by atoms with Crippen LogP contribution in [0.3, 0.4) is 0 Å². The fourth-order valence-corrected chi connectivity index (χ4v) is 7.20. The van der Waals surface area contributed by atoms with Gasteiger partial charge in [-0.15, -0.1) is 0 Å². The van der Waals surface area contributed by atoms with E-state index in [0.717, 1.165) is 33.4 Å². The Balaban J connectivity index is 1.21. The number of nitrogens with zero attached hydrogens (tertiary/aromatic N) is 2. The summed E-state index contributed by atoms with van der Waals surface area (Å²) in [5.74, 6) is -1.86. The number of rotatable bonds is 12. The van der Waals surface area contributed by atoms with Crippen molar-refractivity contribution in [3.63, 3.8) is 0 Å². The Bertz CT molecular complexity index is 1800. The first-order valence-electron chi connectivity index (χ1n) is 16.2. The van der Waals surface area contributed by atoms with E-state index >= 15 is 0 Å². The molecule has 9 nitrogen and oxygen atoms in total. The number of benzene rings is 4. The molecular weight excluding hydrogens is 644 g/mol. The first kappa shape index (κ1) is 33.9. The van der Waals surface area contributed by atoms with E-state index in [0.29, 0.717) is 22.9 Å². The molecule has 1 N–H and O–H groups in total. The first-order chi connectivity index (χ1) is 23.7. The Labute approximate surface area is 291 Å². The van der Waals surface area contributed by atoms with Crippen molar-refractivity contribution in [3.8, 4) is 22.6 Å². The highest BCUT2D eigenvalue weighted by atomic mass is 35.5. The molecule has 2 aliphatic rings. The maximum atomic E-state index is 14.1. The van der Waals surface area contributed by atoms with Crippen LogP contribution < -0.4 is 9.47 Å². The van der Waals surface area contributed by atoms with Crippen molar-refractivity contribution in [3.05, 3.63) is 118 Å². The van der Waals surface area contributed by atoms with Gasteiger partial charge < -0.3 is 29.1 Å². The fraction of sp³-hybridized carbons (Fsp3) is 0.308. The number of para-hydroxylation sites is 1. The number of likely N-dealkylation sites (N-methyl/N-ethyl adjacent to an activating group) is 2. The minimum absolute atomic E-state index is 0.101. The Hall–Kier alpha value is -5.02. The quantitative estimate of drug-likeness (QED) is 0.174. The molecular formula is C39H39ClN2O7. The molecule has 0 fully saturated rings. The molecule has 3 atom stereocenters. The average Bonchev–Trinajstić information content (AvgIpc) is 3.69. The highest BCUT2D eigenvalue weighted by Gasteiger charge is 2.40. The second-order valence-electron chi connectivity index (χ2n) is 12.6. The van der Waals surface area contributed by atoms with Gasteiger partial charge >= 0.3 is 12.1 Å². The predicted molar refractivity (Wildman–Crippen MR) is 186 cm³/mol. The zero-order valence-electron chi connectivity index (χ0n) is 27.7. The predicted octanol–water partition coefficient (Wildman–Crippen LogP) is 6.87. The van der Waals surface area contributed by atoms with Crippen LogP contribution in [0.25, 0.3) is 11.1 Å². The summed E-state index contributed by atoms with van der Waals surface area (Å²) in [6, 6.07) is 28.5. The van der Waals surface area contributed by atoms with Gasteiger partial charge in [0.2, 0.25) is 5.91 Å². The lowest BCUT2D eigenvalue weighted by Gasteiger charge is -2.33. The molecule has 0 saturated carbocycles. The number of amides is 2. The van der Waals surface area contributed by atoms with Gasteiger partial charge in [-0.05, 0) is 52.4 Å². The fourth-order valence-electron chi connectivity index (χ4n) is 7.08. The number of carbonyl (C=O) groups excluding carboxylic acids is 2. The van der Waals surface area contributed by atoms with Crippen molar-refractivity contribution in [2.24, 2.45) is 5.92 Å². The normalized spacial score (nSPS) is 15.6. The molecule has 2 amide bonds. The molecule has 0 bridgehead atoms. The van der Waals surface area contributed by atoms with Crippen molar-refractivity contribution in [2.75, 3.05) is 41.0 Å². The van der Waals surface area contributed by atoms with Crippen LogP contribution in [0.1, 0.15) is 40.5 Å². The van der Waals surface area contributed by atoms with Gasteiger partial charge in [0.05, 0.1) is 32.1 Å². The summed E-state index contributed by atoms with van der Waals surface area (Å²) >= 11 is 6.15. The molecule has 0 spiro atoms. The molecule has 4 aromatic rings. The number of carboxylic acids is 1. The summed E-state index contributed by atoms with van der Waals surface area (Å²) in [4.78, 5) is 42.9.